The summed E-state index contributed by atoms with van der Waals surface area (Å²) in [6.07, 6.45) is 1.45. The summed E-state index contributed by atoms with van der Waals surface area (Å²) >= 11 is 3.46. The highest BCUT2D eigenvalue weighted by Gasteiger charge is 2.23. The van der Waals surface area contributed by atoms with E-state index in [0.717, 1.165) is 35.5 Å². The van der Waals surface area contributed by atoms with Crippen LogP contribution >= 0.6 is 15.9 Å². The Labute approximate surface area is 98.6 Å². The molecule has 1 aromatic rings. The molecule has 0 radical (unpaired) electrons. The van der Waals surface area contributed by atoms with Crippen molar-refractivity contribution in [3.63, 3.8) is 0 Å². The maximum absolute atomic E-state index is 5.34. The number of hydrogen-bond acceptors (Lipinski definition) is 3. The minimum Gasteiger partial charge on any atom is -0.380 e. The highest BCUT2D eigenvalue weighted by atomic mass is 79.9. The number of halogens is 1. The van der Waals surface area contributed by atoms with E-state index in [4.69, 9.17) is 4.74 Å². The average Bonchev–Trinajstić information content (AvgIpc) is 2.70. The van der Waals surface area contributed by atoms with Crippen LogP contribution in [0.15, 0.2) is 16.6 Å². The van der Waals surface area contributed by atoms with Gasteiger partial charge in [0, 0.05) is 24.7 Å². The quantitative estimate of drug-likeness (QED) is 0.825. The summed E-state index contributed by atoms with van der Waals surface area (Å²) in [5, 5.41) is 0. The highest BCUT2D eigenvalue weighted by molar-refractivity contribution is 9.10. The number of pyridine rings is 1. The minimum atomic E-state index is 0.357. The van der Waals surface area contributed by atoms with Crippen LogP contribution < -0.4 is 4.90 Å². The van der Waals surface area contributed by atoms with Crippen LogP contribution in [0.3, 0.4) is 0 Å². The van der Waals surface area contributed by atoms with Crippen LogP contribution in [0.25, 0.3) is 0 Å². The molecule has 4 heteroatoms. The van der Waals surface area contributed by atoms with Crippen LogP contribution in [0.1, 0.15) is 12.1 Å². The number of ether oxygens (including phenoxy) is 1. The van der Waals surface area contributed by atoms with Crippen LogP contribution in [0.2, 0.25) is 0 Å². The summed E-state index contributed by atoms with van der Waals surface area (Å²) in [7, 11) is 1.77. The van der Waals surface area contributed by atoms with Crippen molar-refractivity contribution < 1.29 is 4.74 Å². The van der Waals surface area contributed by atoms with E-state index >= 15 is 0 Å². The molecular weight excluding hydrogens is 256 g/mol. The lowest BCUT2D eigenvalue weighted by Gasteiger charge is -2.17. The molecule has 0 saturated carbocycles. The molecule has 0 N–H and O–H groups in total. The van der Waals surface area contributed by atoms with Gasteiger partial charge in [0.25, 0.3) is 0 Å². The van der Waals surface area contributed by atoms with Gasteiger partial charge in [0.2, 0.25) is 0 Å². The molecular formula is C11H15BrN2O. The fraction of sp³-hybridized carbons (Fsp3) is 0.545. The summed E-state index contributed by atoms with van der Waals surface area (Å²) in [5.41, 5.74) is 1.04. The monoisotopic (exact) mass is 270 g/mol. The Morgan fingerprint density at radius 2 is 2.33 bits per heavy atom. The van der Waals surface area contributed by atoms with Gasteiger partial charge < -0.3 is 9.64 Å². The first-order valence-corrected chi connectivity index (χ1v) is 5.91. The van der Waals surface area contributed by atoms with Crippen molar-refractivity contribution in [2.75, 3.05) is 25.1 Å². The van der Waals surface area contributed by atoms with Gasteiger partial charge in [-0.3, -0.25) is 0 Å². The van der Waals surface area contributed by atoms with E-state index in [1.807, 2.05) is 6.92 Å². The van der Waals surface area contributed by atoms with E-state index in [1.165, 1.54) is 0 Å². The summed E-state index contributed by atoms with van der Waals surface area (Å²) in [6, 6.07) is 4.10. The van der Waals surface area contributed by atoms with Crippen molar-refractivity contribution in [2.24, 2.45) is 0 Å². The molecule has 2 heterocycles. The Bertz CT molecular complexity index is 356. The molecule has 1 unspecified atom stereocenters. The number of aryl methyl sites for hydroxylation is 1. The van der Waals surface area contributed by atoms with Crippen LogP contribution in [-0.2, 0) is 4.74 Å². The third-order valence-electron chi connectivity index (χ3n) is 2.81. The van der Waals surface area contributed by atoms with E-state index in [9.17, 15) is 0 Å². The van der Waals surface area contributed by atoms with Crippen molar-refractivity contribution in [3.05, 3.63) is 22.3 Å². The van der Waals surface area contributed by atoms with E-state index < -0.39 is 0 Å². The van der Waals surface area contributed by atoms with Crippen LogP contribution in [0, 0.1) is 6.92 Å². The number of methoxy groups -OCH3 is 1. The summed E-state index contributed by atoms with van der Waals surface area (Å²) in [6.45, 7) is 3.99. The van der Waals surface area contributed by atoms with Gasteiger partial charge in [0.1, 0.15) is 5.82 Å². The Kier molecular flexibility index (Phi) is 3.26. The standard InChI is InChI=1S/C11H15BrN2O/c1-8-10(12)3-4-11(13-8)14-6-5-9(7-14)15-2/h3-4,9H,5-7H2,1-2H3. The first kappa shape index (κ1) is 10.9. The number of anilines is 1. The molecule has 0 bridgehead atoms. The van der Waals surface area contributed by atoms with Gasteiger partial charge in [-0.05, 0) is 41.4 Å². The molecule has 1 atom stereocenters. The maximum Gasteiger partial charge on any atom is 0.128 e. The molecule has 3 nitrogen and oxygen atoms in total. The van der Waals surface area contributed by atoms with Crippen LogP contribution in [-0.4, -0.2) is 31.3 Å². The Morgan fingerprint density at radius 1 is 1.53 bits per heavy atom. The number of rotatable bonds is 2. The second-order valence-electron chi connectivity index (χ2n) is 3.83. The largest absolute Gasteiger partial charge is 0.380 e. The highest BCUT2D eigenvalue weighted by Crippen LogP contribution is 2.23. The molecule has 1 fully saturated rings. The number of hydrogen-bond donors (Lipinski definition) is 0. The van der Waals surface area contributed by atoms with Crippen molar-refractivity contribution in [2.45, 2.75) is 19.4 Å². The first-order chi connectivity index (χ1) is 7.20. The first-order valence-electron chi connectivity index (χ1n) is 5.11. The van der Waals surface area contributed by atoms with Crippen LogP contribution in [0.5, 0.6) is 0 Å². The predicted octanol–water partition coefficient (Wildman–Crippen LogP) is 2.38. The molecule has 1 aromatic heterocycles. The molecule has 82 valence electrons. The second kappa shape index (κ2) is 4.49. The topological polar surface area (TPSA) is 25.4 Å². The number of nitrogens with zero attached hydrogens (tertiary/aromatic N) is 2. The van der Waals surface area contributed by atoms with Gasteiger partial charge in [-0.2, -0.15) is 0 Å². The number of aromatic nitrogens is 1. The summed E-state index contributed by atoms with van der Waals surface area (Å²) in [5.74, 6) is 1.05. The smallest absolute Gasteiger partial charge is 0.128 e. The fourth-order valence-electron chi connectivity index (χ4n) is 1.84. The molecule has 0 amide bonds. The van der Waals surface area contributed by atoms with Gasteiger partial charge >= 0.3 is 0 Å². The van der Waals surface area contributed by atoms with E-state index in [1.54, 1.807) is 7.11 Å². The average molecular weight is 271 g/mol. The van der Waals surface area contributed by atoms with E-state index in [-0.39, 0.29) is 0 Å². The van der Waals surface area contributed by atoms with Gasteiger partial charge in [-0.25, -0.2) is 4.98 Å². The normalized spacial score (nSPS) is 21.0. The lowest BCUT2D eigenvalue weighted by molar-refractivity contribution is 0.121. The zero-order valence-corrected chi connectivity index (χ0v) is 10.6. The Hall–Kier alpha value is -0.610. The zero-order chi connectivity index (χ0) is 10.8. The maximum atomic E-state index is 5.34. The van der Waals surface area contributed by atoms with Gasteiger partial charge in [-0.15, -0.1) is 0 Å². The molecule has 1 saturated heterocycles. The van der Waals surface area contributed by atoms with E-state index in [0.29, 0.717) is 6.10 Å². The SMILES string of the molecule is COC1CCN(c2ccc(Br)c(C)n2)C1. The van der Waals surface area contributed by atoms with Gasteiger partial charge in [0.05, 0.1) is 11.8 Å². The molecule has 1 aliphatic rings. The molecule has 15 heavy (non-hydrogen) atoms. The summed E-state index contributed by atoms with van der Waals surface area (Å²) < 4.78 is 6.40. The third-order valence-corrected chi connectivity index (χ3v) is 3.65. The summed E-state index contributed by atoms with van der Waals surface area (Å²) in [4.78, 5) is 6.82. The molecule has 1 aliphatic heterocycles. The third kappa shape index (κ3) is 2.32. The van der Waals surface area contributed by atoms with Crippen molar-refractivity contribution in [3.8, 4) is 0 Å². The second-order valence-corrected chi connectivity index (χ2v) is 4.68. The lowest BCUT2D eigenvalue weighted by atomic mass is 10.3. The minimum absolute atomic E-state index is 0.357. The van der Waals surface area contributed by atoms with Crippen molar-refractivity contribution in [1.29, 1.82) is 0 Å². The Balaban J connectivity index is 2.13. The molecule has 0 aliphatic carbocycles. The lowest BCUT2D eigenvalue weighted by Crippen LogP contribution is -2.23. The van der Waals surface area contributed by atoms with Gasteiger partial charge in [-0.1, -0.05) is 0 Å². The van der Waals surface area contributed by atoms with Crippen molar-refractivity contribution in [1.82, 2.24) is 4.98 Å². The fourth-order valence-corrected chi connectivity index (χ4v) is 2.06. The molecule has 2 rings (SSSR count). The van der Waals surface area contributed by atoms with Crippen molar-refractivity contribution >= 4 is 21.7 Å². The predicted molar refractivity (Wildman–Crippen MR) is 64.3 cm³/mol. The molecule has 0 aromatic carbocycles. The zero-order valence-electron chi connectivity index (χ0n) is 9.03. The molecule has 0 spiro atoms. The van der Waals surface area contributed by atoms with Gasteiger partial charge in [0.15, 0.2) is 0 Å². The van der Waals surface area contributed by atoms with E-state index in [2.05, 4.69) is 37.9 Å². The van der Waals surface area contributed by atoms with Crippen LogP contribution in [0.4, 0.5) is 5.82 Å². The Morgan fingerprint density at radius 3 is 2.93 bits per heavy atom.